The van der Waals surface area contributed by atoms with Gasteiger partial charge in [-0.3, -0.25) is 9.59 Å². The smallest absolute Gasteiger partial charge is 0.305 e. The van der Waals surface area contributed by atoms with Crippen LogP contribution in [0.4, 0.5) is 0 Å². The van der Waals surface area contributed by atoms with Gasteiger partial charge in [0, 0.05) is 12.8 Å². The molecule has 1 amide bonds. The number of hydrogen-bond acceptors (Lipinski definition) is 5. The van der Waals surface area contributed by atoms with E-state index in [-0.39, 0.29) is 18.5 Å². The second-order valence-electron chi connectivity index (χ2n) is 25.3. The van der Waals surface area contributed by atoms with Gasteiger partial charge in [0.2, 0.25) is 5.91 Å². The van der Waals surface area contributed by atoms with E-state index in [1.165, 1.54) is 334 Å². The molecule has 0 saturated carbocycles. The van der Waals surface area contributed by atoms with E-state index in [4.69, 9.17) is 4.74 Å². The Morgan fingerprint density at radius 3 is 0.887 bits per heavy atom. The van der Waals surface area contributed by atoms with Crippen molar-refractivity contribution in [3.8, 4) is 0 Å². The maximum Gasteiger partial charge on any atom is 0.305 e. The first-order valence-electron chi connectivity index (χ1n) is 36.6. The summed E-state index contributed by atoms with van der Waals surface area (Å²) >= 11 is 0. The lowest BCUT2D eigenvalue weighted by Gasteiger charge is -2.22. The van der Waals surface area contributed by atoms with Crippen molar-refractivity contribution in [1.82, 2.24) is 5.32 Å². The summed E-state index contributed by atoms with van der Waals surface area (Å²) in [5, 5.41) is 23.4. The Labute approximate surface area is 501 Å². The average Bonchev–Trinajstić information content (AvgIpc) is 3.46. The third-order valence-electron chi connectivity index (χ3n) is 17.2. The maximum atomic E-state index is 12.5. The van der Waals surface area contributed by atoms with Crippen LogP contribution in [0.25, 0.3) is 0 Å². The van der Waals surface area contributed by atoms with Crippen LogP contribution >= 0.6 is 0 Å². The van der Waals surface area contributed by atoms with Gasteiger partial charge in [-0.1, -0.05) is 346 Å². The van der Waals surface area contributed by atoms with Crippen molar-refractivity contribution in [2.45, 2.75) is 424 Å². The minimum absolute atomic E-state index is 0.0131. The third kappa shape index (κ3) is 65.5. The quantitative estimate of drug-likeness (QED) is 0.0320. The fourth-order valence-electron chi connectivity index (χ4n) is 11.6. The highest BCUT2D eigenvalue weighted by atomic mass is 16.5. The normalized spacial score (nSPS) is 12.6. The Hall–Kier alpha value is -1.66. The predicted molar refractivity (Wildman–Crippen MR) is 352 cm³/mol. The molecule has 2 unspecified atom stereocenters. The van der Waals surface area contributed by atoms with E-state index < -0.39 is 12.1 Å². The first kappa shape index (κ1) is 78.3. The van der Waals surface area contributed by atoms with E-state index in [2.05, 4.69) is 43.5 Å². The second kappa shape index (κ2) is 69.8. The Balaban J connectivity index is 3.37. The molecular weight excluding hydrogens is 983 g/mol. The van der Waals surface area contributed by atoms with E-state index >= 15 is 0 Å². The summed E-state index contributed by atoms with van der Waals surface area (Å²) in [7, 11) is 0. The molecule has 0 aromatic rings. The van der Waals surface area contributed by atoms with E-state index in [1.807, 2.05) is 0 Å². The SMILES string of the molecule is CCCCCCCCC/C=C\CCCCCCCCCC(=O)OCCCCCCCCCCCCCC/C=C\CCCCCCCCCCCCCC(=O)NC(CO)C(O)CCCCCCCCCCCCCCCCCCCC. The summed E-state index contributed by atoms with van der Waals surface area (Å²) < 4.78 is 5.51. The standard InChI is InChI=1S/C74H143NO5/c1-3-5-7-9-11-13-15-17-19-21-34-38-42-46-50-54-58-62-66-72(77)71(70-76)75-73(78)67-63-59-55-51-47-43-39-35-32-30-28-26-24-23-25-27-29-31-33-37-41-45-49-53-57-61-65-69-80-74(79)68-64-60-56-52-48-44-40-36-22-20-18-16-14-12-10-8-6-4-2/h20,22-24,71-72,76-77H,3-19,21,25-70H2,1-2H3,(H,75,78)/b22-20-,24-23-. The second-order valence-corrected chi connectivity index (χ2v) is 25.3. The van der Waals surface area contributed by atoms with Gasteiger partial charge in [0.15, 0.2) is 0 Å². The van der Waals surface area contributed by atoms with E-state index in [0.717, 1.165) is 44.9 Å². The fraction of sp³-hybridized carbons (Fsp3) is 0.919. The largest absolute Gasteiger partial charge is 0.466 e. The highest BCUT2D eigenvalue weighted by molar-refractivity contribution is 5.76. The van der Waals surface area contributed by atoms with Crippen molar-refractivity contribution in [1.29, 1.82) is 0 Å². The minimum Gasteiger partial charge on any atom is -0.466 e. The van der Waals surface area contributed by atoms with Crippen LogP contribution in [0.2, 0.25) is 0 Å². The van der Waals surface area contributed by atoms with Crippen molar-refractivity contribution in [2.24, 2.45) is 0 Å². The summed E-state index contributed by atoms with van der Waals surface area (Å²) in [5.74, 6) is -0.0188. The molecule has 0 aromatic carbocycles. The highest BCUT2D eigenvalue weighted by Crippen LogP contribution is 2.19. The molecule has 0 spiro atoms. The van der Waals surface area contributed by atoms with Crippen LogP contribution in [0, 0.1) is 0 Å². The Morgan fingerprint density at radius 1 is 0.338 bits per heavy atom. The number of nitrogens with one attached hydrogen (secondary N) is 1. The molecule has 0 radical (unpaired) electrons. The van der Waals surface area contributed by atoms with Crippen LogP contribution in [0.1, 0.15) is 412 Å². The van der Waals surface area contributed by atoms with Crippen LogP contribution in [-0.2, 0) is 14.3 Å². The number of carbonyl (C=O) groups excluding carboxylic acids is 2. The zero-order valence-electron chi connectivity index (χ0n) is 54.3. The molecule has 6 heteroatoms. The number of amides is 1. The number of allylic oxidation sites excluding steroid dienone is 4. The average molecular weight is 1130 g/mol. The van der Waals surface area contributed by atoms with Gasteiger partial charge in [-0.2, -0.15) is 0 Å². The summed E-state index contributed by atoms with van der Waals surface area (Å²) in [4.78, 5) is 24.6. The fourth-order valence-corrected chi connectivity index (χ4v) is 11.6. The number of rotatable bonds is 69. The summed E-state index contributed by atoms with van der Waals surface area (Å²) in [6.45, 7) is 4.99. The van der Waals surface area contributed by atoms with E-state index in [0.29, 0.717) is 25.9 Å². The number of aliphatic hydroxyl groups is 2. The van der Waals surface area contributed by atoms with Crippen molar-refractivity contribution >= 4 is 11.9 Å². The van der Waals surface area contributed by atoms with Gasteiger partial charge in [0.1, 0.15) is 0 Å². The van der Waals surface area contributed by atoms with Gasteiger partial charge in [0.05, 0.1) is 25.4 Å². The monoisotopic (exact) mass is 1130 g/mol. The van der Waals surface area contributed by atoms with Crippen molar-refractivity contribution in [2.75, 3.05) is 13.2 Å². The molecule has 0 rings (SSSR count). The molecule has 0 fully saturated rings. The topological polar surface area (TPSA) is 95.9 Å². The zero-order valence-corrected chi connectivity index (χ0v) is 54.3. The highest BCUT2D eigenvalue weighted by Gasteiger charge is 2.20. The molecule has 2 atom stereocenters. The molecule has 0 bridgehead atoms. The van der Waals surface area contributed by atoms with Gasteiger partial charge < -0.3 is 20.3 Å². The molecule has 0 aliphatic carbocycles. The van der Waals surface area contributed by atoms with Crippen molar-refractivity contribution in [3.05, 3.63) is 24.3 Å². The summed E-state index contributed by atoms with van der Waals surface area (Å²) in [6, 6.07) is -0.542. The Morgan fingerprint density at radius 2 is 0.588 bits per heavy atom. The molecule has 0 aliphatic rings. The van der Waals surface area contributed by atoms with Gasteiger partial charge in [-0.15, -0.1) is 0 Å². The lowest BCUT2D eigenvalue weighted by Crippen LogP contribution is -2.45. The summed E-state index contributed by atoms with van der Waals surface area (Å²) in [6.07, 6.45) is 88.0. The molecule has 474 valence electrons. The zero-order chi connectivity index (χ0) is 57.8. The van der Waals surface area contributed by atoms with Crippen molar-refractivity contribution < 1.29 is 24.5 Å². The van der Waals surface area contributed by atoms with Crippen LogP contribution in [0.15, 0.2) is 24.3 Å². The minimum atomic E-state index is -0.665. The molecule has 80 heavy (non-hydrogen) atoms. The third-order valence-corrected chi connectivity index (χ3v) is 17.2. The first-order chi connectivity index (χ1) is 39.5. The van der Waals surface area contributed by atoms with Crippen LogP contribution < -0.4 is 5.32 Å². The summed E-state index contributed by atoms with van der Waals surface area (Å²) in [5.41, 5.74) is 0. The maximum absolute atomic E-state index is 12.5. The van der Waals surface area contributed by atoms with Gasteiger partial charge >= 0.3 is 5.97 Å². The molecule has 0 aromatic heterocycles. The number of carbonyl (C=O) groups is 2. The van der Waals surface area contributed by atoms with Crippen LogP contribution in [-0.4, -0.2) is 47.4 Å². The Kier molecular flexibility index (Phi) is 68.4. The van der Waals surface area contributed by atoms with E-state index in [1.54, 1.807) is 0 Å². The molecule has 0 heterocycles. The van der Waals surface area contributed by atoms with E-state index in [9.17, 15) is 19.8 Å². The number of esters is 1. The van der Waals surface area contributed by atoms with Gasteiger partial charge in [-0.05, 0) is 77.0 Å². The lowest BCUT2D eigenvalue weighted by molar-refractivity contribution is -0.143. The van der Waals surface area contributed by atoms with Crippen LogP contribution in [0.5, 0.6) is 0 Å². The van der Waals surface area contributed by atoms with Gasteiger partial charge in [0.25, 0.3) is 0 Å². The molecule has 0 aliphatic heterocycles. The number of ether oxygens (including phenoxy) is 1. The number of unbranched alkanes of at least 4 members (excludes halogenated alkanes) is 54. The number of hydrogen-bond donors (Lipinski definition) is 3. The number of aliphatic hydroxyl groups excluding tert-OH is 2. The lowest BCUT2D eigenvalue weighted by atomic mass is 10.0. The van der Waals surface area contributed by atoms with Crippen molar-refractivity contribution in [3.63, 3.8) is 0 Å². The predicted octanol–water partition coefficient (Wildman–Crippen LogP) is 23.7. The molecule has 3 N–H and O–H groups in total. The van der Waals surface area contributed by atoms with Gasteiger partial charge in [-0.25, -0.2) is 0 Å². The molecule has 6 nitrogen and oxygen atoms in total. The first-order valence-corrected chi connectivity index (χ1v) is 36.6. The Bertz CT molecular complexity index is 1250. The molecular formula is C74H143NO5. The van der Waals surface area contributed by atoms with Crippen LogP contribution in [0.3, 0.4) is 0 Å². The molecule has 0 saturated heterocycles.